The van der Waals surface area contributed by atoms with Crippen molar-refractivity contribution in [3.05, 3.63) is 0 Å². The third kappa shape index (κ3) is 3.12. The highest BCUT2D eigenvalue weighted by Gasteiger charge is 2.44. The Morgan fingerprint density at radius 1 is 1.14 bits per heavy atom. The molecular weight excluding hydrogens is 290 g/mol. The van der Waals surface area contributed by atoms with E-state index in [-0.39, 0.29) is 12.1 Å². The fourth-order valence-corrected chi connectivity index (χ4v) is 5.82. The van der Waals surface area contributed by atoms with E-state index < -0.39 is 10.2 Å². The molecule has 1 aliphatic carbocycles. The van der Waals surface area contributed by atoms with Gasteiger partial charge in [-0.2, -0.15) is 17.0 Å². The van der Waals surface area contributed by atoms with Gasteiger partial charge in [0.25, 0.3) is 10.2 Å². The lowest BCUT2D eigenvalue weighted by Gasteiger charge is -2.41. The van der Waals surface area contributed by atoms with Crippen LogP contribution in [0, 0.1) is 5.92 Å². The third-order valence-electron chi connectivity index (χ3n) is 5.12. The molecule has 2 saturated heterocycles. The zero-order valence-electron chi connectivity index (χ0n) is 12.8. The topological polar surface area (TPSA) is 61.9 Å². The van der Waals surface area contributed by atoms with Gasteiger partial charge in [-0.15, -0.1) is 0 Å². The van der Waals surface area contributed by atoms with Gasteiger partial charge in [0.15, 0.2) is 0 Å². The van der Waals surface area contributed by atoms with E-state index in [1.54, 1.807) is 8.61 Å². The molecule has 0 aromatic heterocycles. The van der Waals surface area contributed by atoms with Crippen LogP contribution in [0.2, 0.25) is 0 Å². The van der Waals surface area contributed by atoms with Gasteiger partial charge in [-0.05, 0) is 51.6 Å². The van der Waals surface area contributed by atoms with E-state index in [1.807, 2.05) is 7.05 Å². The van der Waals surface area contributed by atoms with E-state index in [0.29, 0.717) is 32.2 Å². The predicted molar refractivity (Wildman–Crippen MR) is 81.2 cm³/mol. The fraction of sp³-hybridized carbons (Fsp3) is 1.00. The molecule has 6 nitrogen and oxygen atoms in total. The molecule has 2 unspecified atom stereocenters. The lowest BCUT2D eigenvalue weighted by Crippen LogP contribution is -2.56. The van der Waals surface area contributed by atoms with Crippen molar-refractivity contribution in [2.45, 2.75) is 44.2 Å². The van der Waals surface area contributed by atoms with E-state index in [0.717, 1.165) is 38.6 Å². The van der Waals surface area contributed by atoms with Crippen LogP contribution in [0.15, 0.2) is 0 Å². The minimum absolute atomic E-state index is 0.0683. The van der Waals surface area contributed by atoms with E-state index >= 15 is 0 Å². The van der Waals surface area contributed by atoms with Crippen LogP contribution in [0.1, 0.15) is 32.1 Å². The maximum absolute atomic E-state index is 12.9. The number of ether oxygens (including phenoxy) is 1. The summed E-state index contributed by atoms with van der Waals surface area (Å²) in [5, 5.41) is 3.19. The second kappa shape index (κ2) is 6.50. The Morgan fingerprint density at radius 2 is 1.90 bits per heavy atom. The van der Waals surface area contributed by atoms with E-state index in [9.17, 15) is 8.42 Å². The van der Waals surface area contributed by atoms with Gasteiger partial charge in [-0.1, -0.05) is 0 Å². The molecular formula is C14H27N3O3S. The van der Waals surface area contributed by atoms with E-state index in [1.165, 1.54) is 0 Å². The van der Waals surface area contributed by atoms with Crippen molar-refractivity contribution in [3.63, 3.8) is 0 Å². The van der Waals surface area contributed by atoms with E-state index in [4.69, 9.17) is 4.74 Å². The molecule has 0 amide bonds. The molecule has 3 fully saturated rings. The van der Waals surface area contributed by atoms with Crippen molar-refractivity contribution in [1.29, 1.82) is 0 Å². The Kier molecular flexibility index (Phi) is 4.85. The van der Waals surface area contributed by atoms with Crippen LogP contribution in [-0.2, 0) is 14.9 Å². The second-order valence-electron chi connectivity index (χ2n) is 6.43. The Balaban J connectivity index is 1.66. The van der Waals surface area contributed by atoms with Gasteiger partial charge in [0.05, 0.1) is 18.8 Å². The monoisotopic (exact) mass is 317 g/mol. The number of rotatable bonds is 4. The standard InChI is InChI=1S/C14H27N3O3S/c1-15-11-12-5-7-16(8-6-12)21(18,19)17-9-10-20-14-4-2-3-13(14)17/h12-15H,2-11H2,1H3. The van der Waals surface area contributed by atoms with Crippen LogP contribution in [0.3, 0.4) is 0 Å². The average molecular weight is 317 g/mol. The van der Waals surface area contributed by atoms with Crippen molar-refractivity contribution in [2.24, 2.45) is 5.92 Å². The van der Waals surface area contributed by atoms with Gasteiger partial charge in [0.1, 0.15) is 0 Å². The highest BCUT2D eigenvalue weighted by atomic mass is 32.2. The Labute approximate surface area is 128 Å². The van der Waals surface area contributed by atoms with Crippen molar-refractivity contribution >= 4 is 10.2 Å². The SMILES string of the molecule is CNCC1CCN(S(=O)(=O)N2CCOC3CCCC32)CC1. The fourth-order valence-electron chi connectivity index (χ4n) is 3.96. The number of piperidine rings is 1. The minimum Gasteiger partial charge on any atom is -0.375 e. The van der Waals surface area contributed by atoms with Crippen molar-refractivity contribution in [2.75, 3.05) is 39.8 Å². The number of hydrogen-bond donors (Lipinski definition) is 1. The van der Waals surface area contributed by atoms with Crippen molar-refractivity contribution in [3.8, 4) is 0 Å². The summed E-state index contributed by atoms with van der Waals surface area (Å²) in [7, 11) is -1.36. The Bertz CT molecular complexity index is 448. The highest BCUT2D eigenvalue weighted by Crippen LogP contribution is 2.33. The maximum Gasteiger partial charge on any atom is 0.282 e. The summed E-state index contributed by atoms with van der Waals surface area (Å²) in [6.07, 6.45) is 5.05. The first kappa shape index (κ1) is 15.7. The molecule has 0 aromatic carbocycles. The first-order valence-electron chi connectivity index (χ1n) is 8.16. The van der Waals surface area contributed by atoms with Crippen LogP contribution in [0.4, 0.5) is 0 Å². The van der Waals surface area contributed by atoms with Gasteiger partial charge in [-0.3, -0.25) is 0 Å². The smallest absolute Gasteiger partial charge is 0.282 e. The average Bonchev–Trinajstić information content (AvgIpc) is 2.96. The van der Waals surface area contributed by atoms with Gasteiger partial charge in [0, 0.05) is 19.6 Å². The molecule has 3 aliphatic rings. The van der Waals surface area contributed by atoms with Gasteiger partial charge in [-0.25, -0.2) is 0 Å². The summed E-state index contributed by atoms with van der Waals surface area (Å²) in [5.74, 6) is 0.602. The largest absolute Gasteiger partial charge is 0.375 e. The van der Waals surface area contributed by atoms with Gasteiger partial charge >= 0.3 is 0 Å². The van der Waals surface area contributed by atoms with Crippen LogP contribution in [-0.4, -0.2) is 69.0 Å². The van der Waals surface area contributed by atoms with Crippen LogP contribution in [0.5, 0.6) is 0 Å². The lowest BCUT2D eigenvalue weighted by atomic mass is 9.98. The normalized spacial score (nSPS) is 33.2. The Hall–Kier alpha value is -0.210. The number of hydrogen-bond acceptors (Lipinski definition) is 4. The first-order chi connectivity index (χ1) is 10.1. The molecule has 7 heteroatoms. The van der Waals surface area contributed by atoms with Crippen LogP contribution >= 0.6 is 0 Å². The zero-order valence-corrected chi connectivity index (χ0v) is 13.6. The van der Waals surface area contributed by atoms with Gasteiger partial charge in [0.2, 0.25) is 0 Å². The quantitative estimate of drug-likeness (QED) is 0.816. The molecule has 2 heterocycles. The molecule has 1 saturated carbocycles. The molecule has 1 N–H and O–H groups in total. The molecule has 0 aromatic rings. The number of morpholine rings is 1. The molecule has 122 valence electrons. The van der Waals surface area contributed by atoms with Crippen LogP contribution < -0.4 is 5.32 Å². The molecule has 2 atom stereocenters. The van der Waals surface area contributed by atoms with Gasteiger partial charge < -0.3 is 10.1 Å². The molecule has 0 radical (unpaired) electrons. The summed E-state index contributed by atoms with van der Waals surface area (Å²) in [4.78, 5) is 0. The first-order valence-corrected chi connectivity index (χ1v) is 9.55. The summed E-state index contributed by atoms with van der Waals surface area (Å²) < 4.78 is 35.0. The van der Waals surface area contributed by atoms with Crippen LogP contribution in [0.25, 0.3) is 0 Å². The summed E-state index contributed by atoms with van der Waals surface area (Å²) >= 11 is 0. The maximum atomic E-state index is 12.9. The second-order valence-corrected chi connectivity index (χ2v) is 8.31. The Morgan fingerprint density at radius 3 is 2.62 bits per heavy atom. The molecule has 21 heavy (non-hydrogen) atoms. The molecule has 2 aliphatic heterocycles. The lowest BCUT2D eigenvalue weighted by molar-refractivity contribution is -0.0264. The number of nitrogens with one attached hydrogen (secondary N) is 1. The summed E-state index contributed by atoms with van der Waals surface area (Å²) in [6, 6.07) is 0.0683. The molecule has 0 bridgehead atoms. The van der Waals surface area contributed by atoms with Crippen molar-refractivity contribution < 1.29 is 13.2 Å². The zero-order chi connectivity index (χ0) is 14.9. The molecule has 3 rings (SSSR count). The number of fused-ring (bicyclic) bond motifs is 1. The summed E-state index contributed by atoms with van der Waals surface area (Å²) in [6.45, 7) is 3.35. The number of nitrogens with zero attached hydrogens (tertiary/aromatic N) is 2. The molecule has 0 spiro atoms. The van der Waals surface area contributed by atoms with E-state index in [2.05, 4.69) is 5.32 Å². The van der Waals surface area contributed by atoms with Crippen molar-refractivity contribution in [1.82, 2.24) is 13.9 Å². The predicted octanol–water partition coefficient (Wildman–Crippen LogP) is 0.416. The third-order valence-corrected chi connectivity index (χ3v) is 7.18. The highest BCUT2D eigenvalue weighted by molar-refractivity contribution is 7.86. The summed E-state index contributed by atoms with van der Waals surface area (Å²) in [5.41, 5.74) is 0. The minimum atomic E-state index is -3.31.